The highest BCUT2D eigenvalue weighted by molar-refractivity contribution is 6.33. The van der Waals surface area contributed by atoms with Gasteiger partial charge in [-0.3, -0.25) is 14.7 Å². The number of aromatic amines is 1. The lowest BCUT2D eigenvalue weighted by Gasteiger charge is -2.21. The highest BCUT2D eigenvalue weighted by Crippen LogP contribution is 2.26. The van der Waals surface area contributed by atoms with E-state index in [0.717, 1.165) is 0 Å². The summed E-state index contributed by atoms with van der Waals surface area (Å²) in [5, 5.41) is 16.3. The van der Waals surface area contributed by atoms with E-state index in [0.29, 0.717) is 22.8 Å². The van der Waals surface area contributed by atoms with Crippen molar-refractivity contribution in [3.8, 4) is 11.3 Å². The maximum Gasteiger partial charge on any atom is 0.323 e. The minimum absolute atomic E-state index is 0.157. The summed E-state index contributed by atoms with van der Waals surface area (Å²) in [6.07, 6.45) is 0. The lowest BCUT2D eigenvalue weighted by Crippen LogP contribution is -2.38. The zero-order chi connectivity index (χ0) is 17.0. The first-order valence-corrected chi connectivity index (χ1v) is 7.57. The fraction of sp³-hybridized carbons (Fsp3) is 0.312. The number of nitrogens with zero attached hydrogens (tertiary/aromatic N) is 2. The molecule has 7 heteroatoms. The Morgan fingerprint density at radius 1 is 1.35 bits per heavy atom. The summed E-state index contributed by atoms with van der Waals surface area (Å²) in [6.45, 7) is 3.84. The van der Waals surface area contributed by atoms with E-state index in [2.05, 4.69) is 10.2 Å². The minimum Gasteiger partial charge on any atom is -0.480 e. The number of hydrogen-bond donors (Lipinski definition) is 2. The van der Waals surface area contributed by atoms with Gasteiger partial charge in [0.2, 0.25) is 0 Å². The minimum atomic E-state index is -1.05. The Kier molecular flexibility index (Phi) is 5.39. The summed E-state index contributed by atoms with van der Waals surface area (Å²) < 4.78 is 0. The van der Waals surface area contributed by atoms with Crippen LogP contribution in [0.1, 0.15) is 24.3 Å². The van der Waals surface area contributed by atoms with Crippen LogP contribution in [-0.2, 0) is 4.79 Å². The Morgan fingerprint density at radius 2 is 2.04 bits per heavy atom. The Hall–Kier alpha value is -2.34. The number of rotatable bonds is 6. The number of aromatic nitrogens is 2. The van der Waals surface area contributed by atoms with Crippen molar-refractivity contribution in [3.63, 3.8) is 0 Å². The van der Waals surface area contributed by atoms with E-state index in [-0.39, 0.29) is 18.2 Å². The van der Waals surface area contributed by atoms with Crippen LogP contribution in [0, 0.1) is 5.92 Å². The first kappa shape index (κ1) is 17.0. The molecule has 0 spiro atoms. The summed E-state index contributed by atoms with van der Waals surface area (Å²) >= 11 is 6.12. The van der Waals surface area contributed by atoms with Crippen molar-refractivity contribution >= 4 is 23.5 Å². The molecule has 122 valence electrons. The van der Waals surface area contributed by atoms with Crippen LogP contribution in [0.4, 0.5) is 0 Å². The van der Waals surface area contributed by atoms with E-state index in [4.69, 9.17) is 16.7 Å². The standard InChI is InChI=1S/C16H18ClN3O3/c1-10(2)8-20(9-15(21)22)16(23)14-7-13(18-19-14)11-5-3-4-6-12(11)17/h3-7,10H,8-9H2,1-2H3,(H,18,19)(H,21,22). The molecule has 6 nitrogen and oxygen atoms in total. The van der Waals surface area contributed by atoms with Gasteiger partial charge in [0.15, 0.2) is 0 Å². The average molecular weight is 336 g/mol. The number of carbonyl (C=O) groups excluding carboxylic acids is 1. The highest BCUT2D eigenvalue weighted by atomic mass is 35.5. The number of carboxylic acids is 1. The molecule has 0 saturated heterocycles. The van der Waals surface area contributed by atoms with Gasteiger partial charge < -0.3 is 10.0 Å². The SMILES string of the molecule is CC(C)CN(CC(=O)O)C(=O)c1cc(-c2ccccc2Cl)n[nH]1. The van der Waals surface area contributed by atoms with Gasteiger partial charge in [0.25, 0.3) is 5.91 Å². The maximum absolute atomic E-state index is 12.5. The van der Waals surface area contributed by atoms with E-state index in [1.807, 2.05) is 26.0 Å². The van der Waals surface area contributed by atoms with Crippen molar-refractivity contribution in [2.24, 2.45) is 5.92 Å². The van der Waals surface area contributed by atoms with E-state index in [1.54, 1.807) is 18.2 Å². The van der Waals surface area contributed by atoms with Gasteiger partial charge in [0.1, 0.15) is 12.2 Å². The molecule has 0 saturated carbocycles. The third kappa shape index (κ3) is 4.32. The molecule has 1 amide bonds. The molecular weight excluding hydrogens is 318 g/mol. The van der Waals surface area contributed by atoms with Crippen molar-refractivity contribution < 1.29 is 14.7 Å². The number of hydrogen-bond acceptors (Lipinski definition) is 3. The largest absolute Gasteiger partial charge is 0.480 e. The smallest absolute Gasteiger partial charge is 0.323 e. The van der Waals surface area contributed by atoms with Crippen LogP contribution < -0.4 is 0 Å². The second-order valence-electron chi connectivity index (χ2n) is 5.62. The van der Waals surface area contributed by atoms with Crippen LogP contribution >= 0.6 is 11.6 Å². The van der Waals surface area contributed by atoms with Gasteiger partial charge in [0, 0.05) is 12.1 Å². The monoisotopic (exact) mass is 335 g/mol. The molecule has 2 aromatic rings. The Balaban J connectivity index is 2.25. The Labute approximate surface area is 139 Å². The average Bonchev–Trinajstić information content (AvgIpc) is 2.95. The summed E-state index contributed by atoms with van der Waals surface area (Å²) in [7, 11) is 0. The molecule has 1 aromatic heterocycles. The second kappa shape index (κ2) is 7.28. The fourth-order valence-corrected chi connectivity index (χ4v) is 2.46. The van der Waals surface area contributed by atoms with Gasteiger partial charge in [0.05, 0.1) is 10.7 Å². The summed E-state index contributed by atoms with van der Waals surface area (Å²) in [5.74, 6) is -1.29. The number of nitrogens with one attached hydrogen (secondary N) is 1. The first-order valence-electron chi connectivity index (χ1n) is 7.20. The topological polar surface area (TPSA) is 86.3 Å². The van der Waals surface area contributed by atoms with Crippen molar-refractivity contribution in [3.05, 3.63) is 41.0 Å². The molecule has 0 atom stereocenters. The van der Waals surface area contributed by atoms with Gasteiger partial charge in [-0.15, -0.1) is 0 Å². The molecule has 0 fully saturated rings. The predicted molar refractivity (Wildman–Crippen MR) is 87.4 cm³/mol. The molecule has 0 aliphatic heterocycles. The van der Waals surface area contributed by atoms with Gasteiger partial charge in [-0.25, -0.2) is 0 Å². The molecule has 0 bridgehead atoms. The van der Waals surface area contributed by atoms with Crippen molar-refractivity contribution in [1.29, 1.82) is 0 Å². The lowest BCUT2D eigenvalue weighted by molar-refractivity contribution is -0.137. The molecule has 0 aliphatic carbocycles. The van der Waals surface area contributed by atoms with Crippen LogP contribution in [0.3, 0.4) is 0 Å². The number of H-pyrrole nitrogens is 1. The maximum atomic E-state index is 12.5. The molecular formula is C16H18ClN3O3. The Morgan fingerprint density at radius 3 is 2.65 bits per heavy atom. The van der Waals surface area contributed by atoms with Crippen LogP contribution in [0.2, 0.25) is 5.02 Å². The molecule has 23 heavy (non-hydrogen) atoms. The number of halogens is 1. The predicted octanol–water partition coefficient (Wildman–Crippen LogP) is 2.91. The molecule has 0 aliphatic rings. The zero-order valence-corrected chi connectivity index (χ0v) is 13.7. The van der Waals surface area contributed by atoms with Crippen molar-refractivity contribution in [2.75, 3.05) is 13.1 Å². The normalized spacial score (nSPS) is 10.8. The molecule has 1 heterocycles. The third-order valence-electron chi connectivity index (χ3n) is 3.16. The van der Waals surface area contributed by atoms with E-state index >= 15 is 0 Å². The van der Waals surface area contributed by atoms with Crippen LogP contribution in [0.15, 0.2) is 30.3 Å². The molecule has 0 radical (unpaired) electrons. The summed E-state index contributed by atoms with van der Waals surface area (Å²) in [5.41, 5.74) is 1.48. The summed E-state index contributed by atoms with van der Waals surface area (Å²) in [6, 6.07) is 8.76. The molecule has 2 rings (SSSR count). The van der Waals surface area contributed by atoms with Gasteiger partial charge in [-0.1, -0.05) is 43.6 Å². The molecule has 0 unspecified atom stereocenters. The van der Waals surface area contributed by atoms with Crippen LogP contribution in [-0.4, -0.2) is 45.2 Å². The second-order valence-corrected chi connectivity index (χ2v) is 6.03. The quantitative estimate of drug-likeness (QED) is 0.849. The van der Waals surface area contributed by atoms with Crippen LogP contribution in [0.5, 0.6) is 0 Å². The molecule has 1 aromatic carbocycles. The number of amides is 1. The lowest BCUT2D eigenvalue weighted by atomic mass is 10.1. The third-order valence-corrected chi connectivity index (χ3v) is 3.49. The number of carbonyl (C=O) groups is 2. The van der Waals surface area contributed by atoms with Crippen molar-refractivity contribution in [2.45, 2.75) is 13.8 Å². The van der Waals surface area contributed by atoms with Gasteiger partial charge in [-0.2, -0.15) is 5.10 Å². The van der Waals surface area contributed by atoms with E-state index in [9.17, 15) is 9.59 Å². The number of aliphatic carboxylic acids is 1. The van der Waals surface area contributed by atoms with E-state index < -0.39 is 11.9 Å². The zero-order valence-electron chi connectivity index (χ0n) is 12.9. The Bertz CT molecular complexity index is 712. The number of benzene rings is 1. The van der Waals surface area contributed by atoms with Crippen LogP contribution in [0.25, 0.3) is 11.3 Å². The fourth-order valence-electron chi connectivity index (χ4n) is 2.23. The van der Waals surface area contributed by atoms with Gasteiger partial charge >= 0.3 is 5.97 Å². The highest BCUT2D eigenvalue weighted by Gasteiger charge is 2.22. The van der Waals surface area contributed by atoms with Gasteiger partial charge in [-0.05, 0) is 18.1 Å². The molecule has 2 N–H and O–H groups in total. The van der Waals surface area contributed by atoms with E-state index in [1.165, 1.54) is 4.90 Å². The number of carboxylic acid groups (broad SMARTS) is 1. The summed E-state index contributed by atoms with van der Waals surface area (Å²) in [4.78, 5) is 24.8. The first-order chi connectivity index (χ1) is 10.9. The van der Waals surface area contributed by atoms with Crippen molar-refractivity contribution in [1.82, 2.24) is 15.1 Å².